The van der Waals surface area contributed by atoms with Crippen LogP contribution in [0, 0.1) is 15.9 Å². The molecule has 0 unspecified atom stereocenters. The Bertz CT molecular complexity index is 614. The monoisotopic (exact) mass is 280 g/mol. The number of hydrogen-bond acceptors (Lipinski definition) is 5. The van der Waals surface area contributed by atoms with E-state index in [1.165, 1.54) is 6.07 Å². The Morgan fingerprint density at radius 1 is 1.50 bits per heavy atom. The predicted molar refractivity (Wildman–Crippen MR) is 69.7 cm³/mol. The zero-order valence-corrected chi connectivity index (χ0v) is 10.5. The molecule has 7 nitrogen and oxygen atoms in total. The van der Waals surface area contributed by atoms with Crippen LogP contribution < -0.4 is 5.32 Å². The third-order valence-electron chi connectivity index (χ3n) is 2.66. The fourth-order valence-electron chi connectivity index (χ4n) is 1.69. The minimum absolute atomic E-state index is 0.00210. The van der Waals surface area contributed by atoms with Crippen LogP contribution in [-0.2, 0) is 13.1 Å². The van der Waals surface area contributed by atoms with Gasteiger partial charge in [-0.2, -0.15) is 9.49 Å². The number of rotatable bonds is 6. The molecule has 2 N–H and O–H groups in total. The first-order chi connectivity index (χ1) is 9.60. The number of halogens is 1. The van der Waals surface area contributed by atoms with Crippen LogP contribution in [0.1, 0.15) is 5.56 Å². The number of nitrogens with one attached hydrogen (secondary N) is 1. The standard InChI is InChI=1S/C12H13FN4O3/c13-11-5-10(1-2-12(11)17(19)20)14-6-9-7-15-16(8-9)3-4-18/h1-2,5,7-8,14,18H,3-4,6H2. The molecule has 0 amide bonds. The van der Waals surface area contributed by atoms with Crippen LogP contribution in [0.5, 0.6) is 0 Å². The molecule has 106 valence electrons. The van der Waals surface area contributed by atoms with Crippen molar-refractivity contribution < 1.29 is 14.4 Å². The summed E-state index contributed by atoms with van der Waals surface area (Å²) in [4.78, 5) is 9.72. The van der Waals surface area contributed by atoms with Crippen molar-refractivity contribution >= 4 is 11.4 Å². The number of anilines is 1. The van der Waals surface area contributed by atoms with E-state index in [-0.39, 0.29) is 6.61 Å². The van der Waals surface area contributed by atoms with Crippen LogP contribution in [0.4, 0.5) is 15.8 Å². The van der Waals surface area contributed by atoms with E-state index in [4.69, 9.17) is 5.11 Å². The van der Waals surface area contributed by atoms with E-state index in [0.29, 0.717) is 18.8 Å². The van der Waals surface area contributed by atoms with Gasteiger partial charge in [-0.3, -0.25) is 14.8 Å². The van der Waals surface area contributed by atoms with Crippen LogP contribution in [-0.4, -0.2) is 26.4 Å². The minimum Gasteiger partial charge on any atom is -0.394 e. The molecule has 1 heterocycles. The molecule has 0 saturated carbocycles. The van der Waals surface area contributed by atoms with Gasteiger partial charge in [-0.1, -0.05) is 0 Å². The average Bonchev–Trinajstić information content (AvgIpc) is 2.84. The number of nitro groups is 1. The molecule has 0 aliphatic heterocycles. The Kier molecular flexibility index (Phi) is 4.26. The highest BCUT2D eigenvalue weighted by atomic mass is 19.1. The number of hydrogen-bond donors (Lipinski definition) is 2. The van der Waals surface area contributed by atoms with Crippen molar-refractivity contribution in [3.63, 3.8) is 0 Å². The summed E-state index contributed by atoms with van der Waals surface area (Å²) in [5.74, 6) is -0.879. The molecule has 1 aromatic heterocycles. The summed E-state index contributed by atoms with van der Waals surface area (Å²) in [5.41, 5.74) is 0.756. The molecule has 0 saturated heterocycles. The lowest BCUT2D eigenvalue weighted by Gasteiger charge is -2.04. The van der Waals surface area contributed by atoms with Gasteiger partial charge >= 0.3 is 5.69 Å². The van der Waals surface area contributed by atoms with Gasteiger partial charge in [0.25, 0.3) is 0 Å². The largest absolute Gasteiger partial charge is 0.394 e. The second-order valence-electron chi connectivity index (χ2n) is 4.11. The van der Waals surface area contributed by atoms with Crippen molar-refractivity contribution in [1.82, 2.24) is 9.78 Å². The van der Waals surface area contributed by atoms with E-state index in [1.807, 2.05) is 0 Å². The molecule has 0 radical (unpaired) electrons. The molecule has 20 heavy (non-hydrogen) atoms. The van der Waals surface area contributed by atoms with Crippen LogP contribution in [0.3, 0.4) is 0 Å². The van der Waals surface area contributed by atoms with E-state index in [9.17, 15) is 14.5 Å². The highest BCUT2D eigenvalue weighted by Gasteiger charge is 2.13. The molecule has 0 bridgehead atoms. The molecule has 1 aromatic carbocycles. The van der Waals surface area contributed by atoms with E-state index in [0.717, 1.165) is 17.7 Å². The molecule has 0 fully saturated rings. The van der Waals surface area contributed by atoms with Crippen LogP contribution in [0.2, 0.25) is 0 Å². The molecule has 2 aromatic rings. The Hall–Kier alpha value is -2.48. The molecular formula is C12H13FN4O3. The van der Waals surface area contributed by atoms with Gasteiger partial charge in [0.1, 0.15) is 0 Å². The molecule has 8 heteroatoms. The van der Waals surface area contributed by atoms with Crippen molar-refractivity contribution in [2.45, 2.75) is 13.1 Å². The van der Waals surface area contributed by atoms with Crippen molar-refractivity contribution in [3.8, 4) is 0 Å². The van der Waals surface area contributed by atoms with Crippen molar-refractivity contribution in [1.29, 1.82) is 0 Å². The Morgan fingerprint density at radius 2 is 2.30 bits per heavy atom. The maximum atomic E-state index is 13.4. The van der Waals surface area contributed by atoms with E-state index in [1.54, 1.807) is 17.1 Å². The number of benzene rings is 1. The summed E-state index contributed by atoms with van der Waals surface area (Å²) in [6.07, 6.45) is 3.38. The lowest BCUT2D eigenvalue weighted by Crippen LogP contribution is -2.02. The fourth-order valence-corrected chi connectivity index (χ4v) is 1.69. The van der Waals surface area contributed by atoms with Gasteiger partial charge in [0.2, 0.25) is 5.82 Å². The van der Waals surface area contributed by atoms with Crippen molar-refractivity contribution in [3.05, 3.63) is 52.1 Å². The lowest BCUT2D eigenvalue weighted by atomic mass is 10.2. The first-order valence-corrected chi connectivity index (χ1v) is 5.90. The van der Waals surface area contributed by atoms with Gasteiger partial charge < -0.3 is 10.4 Å². The van der Waals surface area contributed by atoms with Crippen LogP contribution in [0.15, 0.2) is 30.6 Å². The van der Waals surface area contributed by atoms with Crippen LogP contribution in [0.25, 0.3) is 0 Å². The normalized spacial score (nSPS) is 10.5. The average molecular weight is 280 g/mol. The van der Waals surface area contributed by atoms with Gasteiger partial charge in [-0.25, -0.2) is 0 Å². The first-order valence-electron chi connectivity index (χ1n) is 5.90. The Labute approximate surface area is 113 Å². The van der Waals surface area contributed by atoms with Gasteiger partial charge in [0.05, 0.1) is 24.3 Å². The van der Waals surface area contributed by atoms with E-state index in [2.05, 4.69) is 10.4 Å². The van der Waals surface area contributed by atoms with E-state index < -0.39 is 16.4 Å². The van der Waals surface area contributed by atoms with Gasteiger partial charge in [0, 0.05) is 36.1 Å². The zero-order chi connectivity index (χ0) is 14.5. The fraction of sp³-hybridized carbons (Fsp3) is 0.250. The topological polar surface area (TPSA) is 93.2 Å². The smallest absolute Gasteiger partial charge is 0.304 e. The number of aliphatic hydroxyl groups excluding tert-OH is 1. The van der Waals surface area contributed by atoms with Crippen molar-refractivity contribution in [2.24, 2.45) is 0 Å². The van der Waals surface area contributed by atoms with Gasteiger partial charge in [-0.05, 0) is 6.07 Å². The highest BCUT2D eigenvalue weighted by Crippen LogP contribution is 2.21. The Balaban J connectivity index is 1.99. The van der Waals surface area contributed by atoms with Gasteiger partial charge in [0.15, 0.2) is 0 Å². The number of nitro benzene ring substituents is 1. The van der Waals surface area contributed by atoms with Gasteiger partial charge in [-0.15, -0.1) is 0 Å². The number of aromatic nitrogens is 2. The second-order valence-corrected chi connectivity index (χ2v) is 4.11. The molecular weight excluding hydrogens is 267 g/mol. The first kappa shape index (κ1) is 13.9. The third kappa shape index (κ3) is 3.29. The SMILES string of the molecule is O=[N+]([O-])c1ccc(NCc2cnn(CCO)c2)cc1F. The molecule has 0 aliphatic rings. The molecule has 0 atom stereocenters. The number of nitrogens with zero attached hydrogens (tertiary/aromatic N) is 3. The molecule has 0 spiro atoms. The summed E-state index contributed by atoms with van der Waals surface area (Å²) in [5, 5.41) is 26.2. The molecule has 2 rings (SSSR count). The summed E-state index contributed by atoms with van der Waals surface area (Å²) >= 11 is 0. The van der Waals surface area contributed by atoms with Crippen molar-refractivity contribution in [2.75, 3.05) is 11.9 Å². The predicted octanol–water partition coefficient (Wildman–Crippen LogP) is 1.53. The van der Waals surface area contributed by atoms with Crippen LogP contribution >= 0.6 is 0 Å². The second kappa shape index (κ2) is 6.11. The van der Waals surface area contributed by atoms with E-state index >= 15 is 0 Å². The summed E-state index contributed by atoms with van der Waals surface area (Å²) in [6, 6.07) is 3.64. The summed E-state index contributed by atoms with van der Waals surface area (Å²) < 4.78 is 15.0. The zero-order valence-electron chi connectivity index (χ0n) is 10.5. The molecule has 0 aliphatic carbocycles. The lowest BCUT2D eigenvalue weighted by molar-refractivity contribution is -0.387. The maximum absolute atomic E-state index is 13.4. The highest BCUT2D eigenvalue weighted by molar-refractivity contribution is 5.49. The number of aliphatic hydroxyl groups is 1. The quantitative estimate of drug-likeness (QED) is 0.618. The maximum Gasteiger partial charge on any atom is 0.304 e. The summed E-state index contributed by atoms with van der Waals surface area (Å²) in [6.45, 7) is 0.816. The summed E-state index contributed by atoms with van der Waals surface area (Å²) in [7, 11) is 0. The Morgan fingerprint density at radius 3 is 2.95 bits per heavy atom. The third-order valence-corrected chi connectivity index (χ3v) is 2.66. The minimum atomic E-state index is -0.879.